The second-order valence-electron chi connectivity index (χ2n) is 6.24. The number of benzene rings is 3. The molecule has 25 heavy (non-hydrogen) atoms. The van der Waals surface area contributed by atoms with E-state index in [1.165, 1.54) is 0 Å². The van der Waals surface area contributed by atoms with Crippen molar-refractivity contribution >= 4 is 11.5 Å². The van der Waals surface area contributed by atoms with Gasteiger partial charge in [-0.15, -0.1) is 0 Å². The lowest BCUT2D eigenvalue weighted by molar-refractivity contribution is 0.0948. The highest BCUT2D eigenvalue weighted by Crippen LogP contribution is 2.33. The van der Waals surface area contributed by atoms with Crippen LogP contribution in [0, 0.1) is 0 Å². The molecule has 0 radical (unpaired) electrons. The van der Waals surface area contributed by atoms with Crippen LogP contribution in [0.25, 0.3) is 5.70 Å². The van der Waals surface area contributed by atoms with Crippen LogP contribution in [0.3, 0.4) is 0 Å². The lowest BCUT2D eigenvalue weighted by atomic mass is 9.88. The van der Waals surface area contributed by atoms with E-state index in [-0.39, 0.29) is 17.7 Å². The molecule has 2 atom stereocenters. The van der Waals surface area contributed by atoms with Crippen LogP contribution in [0.1, 0.15) is 27.4 Å². The lowest BCUT2D eigenvalue weighted by Gasteiger charge is -2.20. The average molecular weight is 325 g/mol. The molecule has 0 spiro atoms. The molecular weight excluding hydrogens is 306 g/mol. The van der Waals surface area contributed by atoms with Crippen molar-refractivity contribution in [2.24, 2.45) is 0 Å². The predicted molar refractivity (Wildman–Crippen MR) is 101 cm³/mol. The van der Waals surface area contributed by atoms with E-state index in [1.807, 2.05) is 66.7 Å². The van der Waals surface area contributed by atoms with Gasteiger partial charge >= 0.3 is 0 Å². The van der Waals surface area contributed by atoms with E-state index in [4.69, 9.17) is 0 Å². The van der Waals surface area contributed by atoms with E-state index < -0.39 is 0 Å². The maximum atomic E-state index is 13.1. The highest BCUT2D eigenvalue weighted by atomic mass is 16.1. The number of hydrogen-bond donors (Lipinski definition) is 1. The number of nitrogens with one attached hydrogen (secondary N) is 1. The molecule has 0 bridgehead atoms. The lowest BCUT2D eigenvalue weighted by Crippen LogP contribution is -2.35. The quantitative estimate of drug-likeness (QED) is 0.707. The Bertz CT molecular complexity index is 885. The van der Waals surface area contributed by atoms with Gasteiger partial charge in [0.15, 0.2) is 5.78 Å². The molecule has 0 saturated heterocycles. The van der Waals surface area contributed by atoms with Gasteiger partial charge in [-0.2, -0.15) is 0 Å². The third kappa shape index (κ3) is 3.11. The van der Waals surface area contributed by atoms with Gasteiger partial charge in [0.05, 0.1) is 0 Å². The second kappa shape index (κ2) is 6.78. The standard InChI is InChI=1S/C23H19NO/c25-23(19-14-8-3-9-15-19)22-20(17-10-4-1-5-11-17)16-21(24-22)18-12-6-2-7-13-18/h1-16,20,22,24H. The highest BCUT2D eigenvalue weighted by molar-refractivity contribution is 6.02. The summed E-state index contributed by atoms with van der Waals surface area (Å²) in [5.74, 6) is 0.140. The van der Waals surface area contributed by atoms with Crippen LogP contribution in [0.2, 0.25) is 0 Å². The van der Waals surface area contributed by atoms with Crippen molar-refractivity contribution in [3.8, 4) is 0 Å². The molecule has 3 aromatic carbocycles. The SMILES string of the molecule is O=C(c1ccccc1)C1NC(c2ccccc2)=CC1c1ccccc1. The molecule has 2 unspecified atom stereocenters. The van der Waals surface area contributed by atoms with E-state index in [1.54, 1.807) is 0 Å². The molecule has 0 aromatic heterocycles. The number of hydrogen-bond acceptors (Lipinski definition) is 2. The van der Waals surface area contributed by atoms with Crippen LogP contribution >= 0.6 is 0 Å². The van der Waals surface area contributed by atoms with E-state index in [0.29, 0.717) is 0 Å². The van der Waals surface area contributed by atoms with Crippen molar-refractivity contribution in [1.29, 1.82) is 0 Å². The van der Waals surface area contributed by atoms with E-state index in [9.17, 15) is 4.79 Å². The van der Waals surface area contributed by atoms with Gasteiger partial charge in [-0.05, 0) is 11.1 Å². The third-order valence-corrected chi connectivity index (χ3v) is 4.63. The summed E-state index contributed by atoms with van der Waals surface area (Å²) in [5, 5.41) is 3.47. The fraction of sp³-hybridized carbons (Fsp3) is 0.0870. The third-order valence-electron chi connectivity index (χ3n) is 4.63. The van der Waals surface area contributed by atoms with Crippen LogP contribution in [-0.4, -0.2) is 11.8 Å². The molecule has 1 aliphatic rings. The first kappa shape index (κ1) is 15.4. The van der Waals surface area contributed by atoms with Gasteiger partial charge in [0, 0.05) is 17.2 Å². The van der Waals surface area contributed by atoms with E-state index >= 15 is 0 Å². The monoisotopic (exact) mass is 325 g/mol. The zero-order valence-electron chi connectivity index (χ0n) is 13.8. The summed E-state index contributed by atoms with van der Waals surface area (Å²) < 4.78 is 0. The summed E-state index contributed by atoms with van der Waals surface area (Å²) in [4.78, 5) is 13.1. The minimum atomic E-state index is -0.292. The summed E-state index contributed by atoms with van der Waals surface area (Å²) >= 11 is 0. The Morgan fingerprint density at radius 3 is 1.92 bits per heavy atom. The van der Waals surface area contributed by atoms with Crippen molar-refractivity contribution in [3.05, 3.63) is 114 Å². The number of ketones is 1. The summed E-state index contributed by atoms with van der Waals surface area (Å²) in [7, 11) is 0. The largest absolute Gasteiger partial charge is 0.374 e. The smallest absolute Gasteiger partial charge is 0.185 e. The first-order valence-electron chi connectivity index (χ1n) is 8.51. The van der Waals surface area contributed by atoms with Gasteiger partial charge < -0.3 is 5.32 Å². The minimum Gasteiger partial charge on any atom is -0.374 e. The van der Waals surface area contributed by atoms with Crippen molar-refractivity contribution < 1.29 is 4.79 Å². The first-order chi connectivity index (χ1) is 12.3. The molecule has 4 rings (SSSR count). The molecule has 2 nitrogen and oxygen atoms in total. The Labute approximate surface area is 147 Å². The molecule has 0 aliphatic carbocycles. The Kier molecular flexibility index (Phi) is 4.17. The zero-order chi connectivity index (χ0) is 17.1. The van der Waals surface area contributed by atoms with Crippen LogP contribution < -0.4 is 5.32 Å². The molecule has 1 heterocycles. The molecule has 1 aliphatic heterocycles. The topological polar surface area (TPSA) is 29.1 Å². The van der Waals surface area contributed by atoms with Gasteiger partial charge in [0.25, 0.3) is 0 Å². The van der Waals surface area contributed by atoms with E-state index in [2.05, 4.69) is 35.7 Å². The van der Waals surface area contributed by atoms with Crippen LogP contribution in [-0.2, 0) is 0 Å². The fourth-order valence-corrected chi connectivity index (χ4v) is 3.35. The van der Waals surface area contributed by atoms with Gasteiger partial charge in [0.2, 0.25) is 0 Å². The Balaban J connectivity index is 1.72. The molecule has 2 heteroatoms. The number of carbonyl (C=O) groups excluding carboxylic acids is 1. The van der Waals surface area contributed by atoms with Crippen molar-refractivity contribution in [3.63, 3.8) is 0 Å². The van der Waals surface area contributed by atoms with Crippen LogP contribution in [0.4, 0.5) is 0 Å². The zero-order valence-corrected chi connectivity index (χ0v) is 13.8. The fourth-order valence-electron chi connectivity index (χ4n) is 3.35. The number of carbonyl (C=O) groups is 1. The minimum absolute atomic E-state index is 0.0177. The molecule has 122 valence electrons. The van der Waals surface area contributed by atoms with Crippen molar-refractivity contribution in [2.45, 2.75) is 12.0 Å². The van der Waals surface area contributed by atoms with Crippen LogP contribution in [0.5, 0.6) is 0 Å². The number of rotatable bonds is 4. The number of Topliss-reactive ketones (excluding diaryl/α,β-unsaturated/α-hetero) is 1. The van der Waals surface area contributed by atoms with Crippen LogP contribution in [0.15, 0.2) is 97.1 Å². The summed E-state index contributed by atoms with van der Waals surface area (Å²) in [5.41, 5.74) is 4.01. The van der Waals surface area contributed by atoms with E-state index in [0.717, 1.165) is 22.4 Å². The Hall–Kier alpha value is -3.13. The molecular formula is C23H19NO. The Morgan fingerprint density at radius 1 is 0.720 bits per heavy atom. The van der Waals surface area contributed by atoms with Gasteiger partial charge in [0.1, 0.15) is 6.04 Å². The highest BCUT2D eigenvalue weighted by Gasteiger charge is 2.34. The molecule has 1 N–H and O–H groups in total. The Morgan fingerprint density at radius 2 is 1.28 bits per heavy atom. The van der Waals surface area contributed by atoms with Crippen molar-refractivity contribution in [2.75, 3.05) is 0 Å². The summed E-state index contributed by atoms with van der Waals surface area (Å²) in [6.45, 7) is 0. The normalized spacial score (nSPS) is 19.1. The molecule has 0 fully saturated rings. The van der Waals surface area contributed by atoms with Crippen molar-refractivity contribution in [1.82, 2.24) is 5.32 Å². The molecule has 3 aromatic rings. The first-order valence-corrected chi connectivity index (χ1v) is 8.51. The van der Waals surface area contributed by atoms with Gasteiger partial charge in [-0.1, -0.05) is 97.1 Å². The molecule has 0 saturated carbocycles. The summed E-state index contributed by atoms with van der Waals surface area (Å²) in [6, 6.07) is 29.6. The second-order valence-corrected chi connectivity index (χ2v) is 6.24. The summed E-state index contributed by atoms with van der Waals surface area (Å²) in [6.07, 6.45) is 2.18. The van der Waals surface area contributed by atoms with Gasteiger partial charge in [-0.25, -0.2) is 0 Å². The molecule has 0 amide bonds. The average Bonchev–Trinajstić information content (AvgIpc) is 3.15. The predicted octanol–water partition coefficient (Wildman–Crippen LogP) is 4.67. The maximum absolute atomic E-state index is 13.1. The maximum Gasteiger partial charge on any atom is 0.185 e. The van der Waals surface area contributed by atoms with Gasteiger partial charge in [-0.3, -0.25) is 4.79 Å².